The summed E-state index contributed by atoms with van der Waals surface area (Å²) >= 11 is 6.10. The predicted octanol–water partition coefficient (Wildman–Crippen LogP) is 3.21. The largest absolute Gasteiger partial charge is 0.490 e. The number of para-hydroxylation sites is 2. The fourth-order valence-corrected chi connectivity index (χ4v) is 2.09. The SMILES string of the molecule is CCOc1ccccc1Oc1c(Cl)cc(N)cc1C(N)=O. The number of ether oxygens (including phenoxy) is 2. The molecule has 6 heteroatoms. The normalized spacial score (nSPS) is 10.2. The molecule has 4 N–H and O–H groups in total. The number of hydrogen-bond acceptors (Lipinski definition) is 4. The molecule has 21 heavy (non-hydrogen) atoms. The first-order valence-electron chi connectivity index (χ1n) is 6.31. The van der Waals surface area contributed by atoms with Crippen LogP contribution in [0.4, 0.5) is 5.69 Å². The second-order valence-electron chi connectivity index (χ2n) is 4.23. The van der Waals surface area contributed by atoms with E-state index in [4.69, 9.17) is 32.5 Å². The van der Waals surface area contributed by atoms with E-state index in [0.29, 0.717) is 23.8 Å². The highest BCUT2D eigenvalue weighted by Crippen LogP contribution is 2.38. The van der Waals surface area contributed by atoms with E-state index in [-0.39, 0.29) is 16.3 Å². The van der Waals surface area contributed by atoms with Crippen LogP contribution in [0, 0.1) is 0 Å². The number of nitrogens with two attached hydrogens (primary N) is 2. The molecule has 110 valence electrons. The van der Waals surface area contributed by atoms with Gasteiger partial charge in [-0.05, 0) is 31.2 Å². The maximum absolute atomic E-state index is 11.5. The van der Waals surface area contributed by atoms with E-state index in [1.54, 1.807) is 18.2 Å². The van der Waals surface area contributed by atoms with Crippen LogP contribution in [0.1, 0.15) is 17.3 Å². The van der Waals surface area contributed by atoms with E-state index in [9.17, 15) is 4.79 Å². The number of amides is 1. The second-order valence-corrected chi connectivity index (χ2v) is 4.63. The Hall–Kier alpha value is -2.40. The Morgan fingerprint density at radius 3 is 2.52 bits per heavy atom. The lowest BCUT2D eigenvalue weighted by atomic mass is 10.1. The van der Waals surface area contributed by atoms with E-state index in [1.165, 1.54) is 12.1 Å². The highest BCUT2D eigenvalue weighted by Gasteiger charge is 2.17. The highest BCUT2D eigenvalue weighted by molar-refractivity contribution is 6.33. The smallest absolute Gasteiger partial charge is 0.252 e. The third-order valence-corrected chi connectivity index (χ3v) is 2.97. The number of halogens is 1. The van der Waals surface area contributed by atoms with E-state index in [0.717, 1.165) is 0 Å². The zero-order chi connectivity index (χ0) is 15.4. The van der Waals surface area contributed by atoms with Crippen molar-refractivity contribution in [2.24, 2.45) is 5.73 Å². The highest BCUT2D eigenvalue weighted by atomic mass is 35.5. The molecule has 5 nitrogen and oxygen atoms in total. The molecule has 2 rings (SSSR count). The minimum Gasteiger partial charge on any atom is -0.490 e. The van der Waals surface area contributed by atoms with Gasteiger partial charge < -0.3 is 20.9 Å². The van der Waals surface area contributed by atoms with E-state index in [1.807, 2.05) is 13.0 Å². The third-order valence-electron chi connectivity index (χ3n) is 2.69. The minimum atomic E-state index is -0.673. The van der Waals surface area contributed by atoms with Crippen molar-refractivity contribution < 1.29 is 14.3 Å². The molecule has 2 aromatic carbocycles. The molecule has 0 saturated heterocycles. The molecule has 0 bridgehead atoms. The van der Waals surface area contributed by atoms with Crippen molar-refractivity contribution in [2.75, 3.05) is 12.3 Å². The summed E-state index contributed by atoms with van der Waals surface area (Å²) < 4.78 is 11.2. The molecule has 0 atom stereocenters. The third kappa shape index (κ3) is 3.38. The van der Waals surface area contributed by atoms with Crippen molar-refractivity contribution in [1.82, 2.24) is 0 Å². The molecule has 0 aliphatic carbocycles. The van der Waals surface area contributed by atoms with Crippen molar-refractivity contribution in [3.63, 3.8) is 0 Å². The summed E-state index contributed by atoms with van der Waals surface area (Å²) in [7, 11) is 0. The molecule has 0 aromatic heterocycles. The molecule has 1 amide bonds. The molecular weight excluding hydrogens is 292 g/mol. The van der Waals surface area contributed by atoms with Gasteiger partial charge in [0.2, 0.25) is 0 Å². The number of benzene rings is 2. The van der Waals surface area contributed by atoms with Crippen molar-refractivity contribution in [1.29, 1.82) is 0 Å². The van der Waals surface area contributed by atoms with Gasteiger partial charge in [0, 0.05) is 5.69 Å². The lowest BCUT2D eigenvalue weighted by molar-refractivity contribution is 0.0998. The maximum atomic E-state index is 11.5. The molecular formula is C15H15ClN2O3. The van der Waals surface area contributed by atoms with Crippen molar-refractivity contribution in [2.45, 2.75) is 6.92 Å². The van der Waals surface area contributed by atoms with Gasteiger partial charge in [-0.25, -0.2) is 0 Å². The van der Waals surface area contributed by atoms with Crippen LogP contribution in [0.25, 0.3) is 0 Å². The van der Waals surface area contributed by atoms with Crippen molar-refractivity contribution in [3.8, 4) is 17.2 Å². The molecule has 0 fully saturated rings. The Labute approximate surface area is 127 Å². The first kappa shape index (κ1) is 15.0. The van der Waals surface area contributed by atoms with E-state index in [2.05, 4.69) is 0 Å². The number of nitrogen functional groups attached to an aromatic ring is 1. The monoisotopic (exact) mass is 306 g/mol. The van der Waals surface area contributed by atoms with E-state index >= 15 is 0 Å². The minimum absolute atomic E-state index is 0.117. The Morgan fingerprint density at radius 1 is 1.24 bits per heavy atom. The van der Waals surface area contributed by atoms with Crippen LogP contribution in [0.2, 0.25) is 5.02 Å². The predicted molar refractivity (Wildman–Crippen MR) is 82.1 cm³/mol. The molecule has 0 aliphatic rings. The Morgan fingerprint density at radius 2 is 1.90 bits per heavy atom. The lowest BCUT2D eigenvalue weighted by Crippen LogP contribution is -2.13. The van der Waals surface area contributed by atoms with Crippen LogP contribution < -0.4 is 20.9 Å². The number of carbonyl (C=O) groups is 1. The van der Waals surface area contributed by atoms with Gasteiger partial charge in [0.05, 0.1) is 17.2 Å². The van der Waals surface area contributed by atoms with Crippen molar-refractivity contribution in [3.05, 3.63) is 47.0 Å². The molecule has 0 unspecified atom stereocenters. The first-order valence-corrected chi connectivity index (χ1v) is 6.69. The quantitative estimate of drug-likeness (QED) is 0.830. The number of anilines is 1. The summed E-state index contributed by atoms with van der Waals surface area (Å²) in [6.07, 6.45) is 0. The summed E-state index contributed by atoms with van der Waals surface area (Å²) in [6.45, 7) is 2.35. The Kier molecular flexibility index (Phi) is 4.55. The standard InChI is InChI=1S/C15H15ClN2O3/c1-2-20-12-5-3-4-6-13(12)21-14-10(15(18)19)7-9(17)8-11(14)16/h3-8H,2,17H2,1H3,(H2,18,19). The van der Waals surface area contributed by atoms with Gasteiger partial charge in [-0.1, -0.05) is 23.7 Å². The average molecular weight is 307 g/mol. The van der Waals surface area contributed by atoms with Crippen LogP contribution in [0.15, 0.2) is 36.4 Å². The Bertz CT molecular complexity index is 674. The number of carbonyl (C=O) groups excluding carboxylic acids is 1. The first-order chi connectivity index (χ1) is 10.0. The van der Waals surface area contributed by atoms with Gasteiger partial charge in [0.25, 0.3) is 5.91 Å². The number of rotatable bonds is 5. The summed E-state index contributed by atoms with van der Waals surface area (Å²) in [5, 5.41) is 0.204. The fraction of sp³-hybridized carbons (Fsp3) is 0.133. The summed E-state index contributed by atoms with van der Waals surface area (Å²) in [4.78, 5) is 11.5. The topological polar surface area (TPSA) is 87.6 Å². The molecule has 0 heterocycles. The van der Waals surface area contributed by atoms with Gasteiger partial charge in [-0.2, -0.15) is 0 Å². The second kappa shape index (κ2) is 6.37. The average Bonchev–Trinajstić information content (AvgIpc) is 2.43. The fourth-order valence-electron chi connectivity index (χ4n) is 1.82. The van der Waals surface area contributed by atoms with Crippen LogP contribution in [-0.2, 0) is 0 Å². The zero-order valence-electron chi connectivity index (χ0n) is 11.4. The molecule has 0 radical (unpaired) electrons. The zero-order valence-corrected chi connectivity index (χ0v) is 12.2. The van der Waals surface area contributed by atoms with E-state index < -0.39 is 5.91 Å². The van der Waals surface area contributed by atoms with Crippen LogP contribution in [0.3, 0.4) is 0 Å². The number of hydrogen-bond donors (Lipinski definition) is 2. The molecule has 2 aromatic rings. The summed E-state index contributed by atoms with van der Waals surface area (Å²) in [5.74, 6) is 0.468. The number of primary amides is 1. The van der Waals surface area contributed by atoms with Gasteiger partial charge in [-0.15, -0.1) is 0 Å². The Balaban J connectivity index is 2.47. The van der Waals surface area contributed by atoms with Crippen molar-refractivity contribution >= 4 is 23.2 Å². The maximum Gasteiger partial charge on any atom is 0.252 e. The summed E-state index contributed by atoms with van der Waals surface area (Å²) in [6, 6.07) is 9.99. The van der Waals surface area contributed by atoms with Crippen LogP contribution in [0.5, 0.6) is 17.2 Å². The van der Waals surface area contributed by atoms with Gasteiger partial charge in [0.1, 0.15) is 0 Å². The van der Waals surface area contributed by atoms with Gasteiger partial charge in [-0.3, -0.25) is 4.79 Å². The van der Waals surface area contributed by atoms with Gasteiger partial charge >= 0.3 is 0 Å². The van der Waals surface area contributed by atoms with Gasteiger partial charge in [0.15, 0.2) is 17.2 Å². The lowest BCUT2D eigenvalue weighted by Gasteiger charge is -2.14. The summed E-state index contributed by atoms with van der Waals surface area (Å²) in [5.41, 5.74) is 11.5. The van der Waals surface area contributed by atoms with Crippen LogP contribution >= 0.6 is 11.6 Å². The molecule has 0 spiro atoms. The molecule has 0 saturated carbocycles. The molecule has 0 aliphatic heterocycles. The van der Waals surface area contributed by atoms with Crippen LogP contribution in [-0.4, -0.2) is 12.5 Å².